The second-order valence-corrected chi connectivity index (χ2v) is 8.96. The minimum atomic E-state index is -2.02. The number of halogens is 2. The SMILES string of the molecule is CCO[P@](=S)(C(Cl)Cl)[C@H](C)CC. The van der Waals surface area contributed by atoms with E-state index in [0.29, 0.717) is 12.3 Å². The van der Waals surface area contributed by atoms with Crippen molar-refractivity contribution in [2.24, 2.45) is 0 Å². The molecule has 5 heteroatoms. The fourth-order valence-electron chi connectivity index (χ4n) is 0.832. The molecule has 0 rings (SSSR count). The minimum absolute atomic E-state index is 0.299. The first-order valence-electron chi connectivity index (χ1n) is 4.01. The van der Waals surface area contributed by atoms with Gasteiger partial charge in [-0.25, -0.2) is 0 Å². The topological polar surface area (TPSA) is 9.23 Å². The van der Waals surface area contributed by atoms with Crippen molar-refractivity contribution in [1.29, 1.82) is 0 Å². The number of hydrogen-bond donors (Lipinski definition) is 0. The van der Waals surface area contributed by atoms with Gasteiger partial charge < -0.3 is 4.52 Å². The van der Waals surface area contributed by atoms with E-state index < -0.39 is 10.8 Å². The average Bonchev–Trinajstić information content (AvgIpc) is 2.03. The molecule has 0 aromatic rings. The second-order valence-electron chi connectivity index (χ2n) is 2.60. The predicted octanol–water partition coefficient (Wildman–Crippen LogP) is 3.98. The van der Waals surface area contributed by atoms with Gasteiger partial charge in [-0.2, -0.15) is 0 Å². The molecule has 0 fully saturated rings. The summed E-state index contributed by atoms with van der Waals surface area (Å²) in [6, 6.07) is 0. The summed E-state index contributed by atoms with van der Waals surface area (Å²) >= 11 is 17.0. The summed E-state index contributed by atoms with van der Waals surface area (Å²) in [5.41, 5.74) is 0.299. The van der Waals surface area contributed by atoms with Crippen molar-refractivity contribution in [3.8, 4) is 0 Å². The summed E-state index contributed by atoms with van der Waals surface area (Å²) < 4.78 is 4.97. The van der Waals surface area contributed by atoms with E-state index in [2.05, 4.69) is 6.92 Å². The van der Waals surface area contributed by atoms with Crippen LogP contribution in [-0.4, -0.2) is 16.8 Å². The smallest absolute Gasteiger partial charge is 0.158 e. The van der Waals surface area contributed by atoms with E-state index in [4.69, 9.17) is 39.5 Å². The molecule has 0 bridgehead atoms. The fraction of sp³-hybridized carbons (Fsp3) is 1.00. The minimum Gasteiger partial charge on any atom is -0.348 e. The summed E-state index contributed by atoms with van der Waals surface area (Å²) in [6.45, 7) is 6.63. The van der Waals surface area contributed by atoms with E-state index in [1.165, 1.54) is 0 Å². The quantitative estimate of drug-likeness (QED) is 0.538. The predicted molar refractivity (Wildman–Crippen MR) is 61.2 cm³/mol. The van der Waals surface area contributed by atoms with E-state index in [9.17, 15) is 0 Å². The zero-order valence-electron chi connectivity index (χ0n) is 7.59. The Morgan fingerprint density at radius 2 is 1.92 bits per heavy atom. The van der Waals surface area contributed by atoms with Crippen molar-refractivity contribution in [2.45, 2.75) is 37.4 Å². The Morgan fingerprint density at radius 1 is 1.42 bits per heavy atom. The average molecular weight is 249 g/mol. The summed E-state index contributed by atoms with van der Waals surface area (Å²) in [4.78, 5) is 0. The van der Waals surface area contributed by atoms with Crippen LogP contribution in [0.5, 0.6) is 0 Å². The van der Waals surface area contributed by atoms with E-state index in [0.717, 1.165) is 6.42 Å². The molecule has 0 spiro atoms. The lowest BCUT2D eigenvalue weighted by molar-refractivity contribution is 0.371. The van der Waals surface area contributed by atoms with Crippen molar-refractivity contribution >= 4 is 41.3 Å². The van der Waals surface area contributed by atoms with Crippen molar-refractivity contribution in [3.63, 3.8) is 0 Å². The number of hydrogen-bond acceptors (Lipinski definition) is 2. The normalized spacial score (nSPS) is 19.2. The summed E-state index contributed by atoms with van der Waals surface area (Å²) in [5, 5.41) is 0. The van der Waals surface area contributed by atoms with Crippen LogP contribution in [0.2, 0.25) is 0 Å². The van der Waals surface area contributed by atoms with Crippen LogP contribution in [-0.2, 0) is 16.3 Å². The molecule has 0 aliphatic carbocycles. The molecule has 0 heterocycles. The molecule has 74 valence electrons. The van der Waals surface area contributed by atoms with Crippen molar-refractivity contribution in [3.05, 3.63) is 0 Å². The second kappa shape index (κ2) is 5.82. The van der Waals surface area contributed by atoms with Gasteiger partial charge in [0.15, 0.2) is 4.58 Å². The van der Waals surface area contributed by atoms with E-state index >= 15 is 0 Å². The third kappa shape index (κ3) is 3.16. The first-order valence-corrected chi connectivity index (χ1v) is 7.74. The van der Waals surface area contributed by atoms with Crippen LogP contribution < -0.4 is 0 Å². The van der Waals surface area contributed by atoms with Crippen LogP contribution in [0.15, 0.2) is 0 Å². The fourth-order valence-corrected chi connectivity index (χ4v) is 4.75. The van der Waals surface area contributed by atoms with Gasteiger partial charge in [0.05, 0.1) is 0 Å². The molecule has 0 radical (unpaired) electrons. The third-order valence-corrected chi connectivity index (χ3v) is 9.07. The molecule has 0 saturated heterocycles. The highest BCUT2D eigenvalue weighted by molar-refractivity contribution is 8.14. The maximum Gasteiger partial charge on any atom is 0.158 e. The molecule has 0 aromatic carbocycles. The van der Waals surface area contributed by atoms with Gasteiger partial charge in [-0.15, -0.1) is 0 Å². The van der Waals surface area contributed by atoms with Crippen LogP contribution in [0.3, 0.4) is 0 Å². The molecule has 2 atom stereocenters. The van der Waals surface area contributed by atoms with Crippen LogP contribution >= 0.6 is 29.5 Å². The Balaban J connectivity index is 4.50. The van der Waals surface area contributed by atoms with Crippen molar-refractivity contribution < 1.29 is 4.52 Å². The summed E-state index contributed by atoms with van der Waals surface area (Å²) in [6.07, 6.45) is -1.05. The zero-order valence-corrected chi connectivity index (χ0v) is 10.8. The van der Waals surface area contributed by atoms with Crippen LogP contribution in [0.4, 0.5) is 0 Å². The van der Waals surface area contributed by atoms with Gasteiger partial charge in [-0.3, -0.25) is 0 Å². The van der Waals surface area contributed by atoms with Gasteiger partial charge >= 0.3 is 0 Å². The highest BCUT2D eigenvalue weighted by Crippen LogP contribution is 2.60. The molecular formula is C7H15Cl2OPS. The van der Waals surface area contributed by atoms with Crippen LogP contribution in [0.25, 0.3) is 0 Å². The number of rotatable bonds is 5. The molecule has 12 heavy (non-hydrogen) atoms. The van der Waals surface area contributed by atoms with Gasteiger partial charge in [0.2, 0.25) is 0 Å². The largest absolute Gasteiger partial charge is 0.348 e. The van der Waals surface area contributed by atoms with E-state index in [1.807, 2.05) is 13.8 Å². The molecule has 1 nitrogen and oxygen atoms in total. The van der Waals surface area contributed by atoms with Gasteiger partial charge in [-0.05, 0) is 13.3 Å². The molecule has 0 aliphatic rings. The van der Waals surface area contributed by atoms with Gasteiger partial charge in [0, 0.05) is 12.3 Å². The molecular weight excluding hydrogens is 234 g/mol. The van der Waals surface area contributed by atoms with Crippen molar-refractivity contribution in [1.82, 2.24) is 0 Å². The number of alkyl halides is 2. The zero-order chi connectivity index (χ0) is 9.78. The first-order chi connectivity index (χ1) is 5.49. The Labute approximate surface area is 89.9 Å². The highest BCUT2D eigenvalue weighted by atomic mass is 35.5. The summed E-state index contributed by atoms with van der Waals surface area (Å²) in [7, 11) is 0. The Bertz CT molecular complexity index is 175. The third-order valence-electron chi connectivity index (χ3n) is 1.81. The molecule has 0 saturated carbocycles. The van der Waals surface area contributed by atoms with E-state index in [-0.39, 0.29) is 0 Å². The lowest BCUT2D eigenvalue weighted by Crippen LogP contribution is -2.10. The van der Waals surface area contributed by atoms with Crippen molar-refractivity contribution in [2.75, 3.05) is 6.61 Å². The van der Waals surface area contributed by atoms with Gasteiger partial charge in [-0.1, -0.05) is 48.9 Å². The molecule has 0 N–H and O–H groups in total. The van der Waals surface area contributed by atoms with Crippen LogP contribution in [0, 0.1) is 0 Å². The first kappa shape index (κ1) is 13.2. The molecule has 0 aromatic heterocycles. The maximum atomic E-state index is 5.82. The Hall–Kier alpha value is 1.19. The molecule has 0 unspecified atom stereocenters. The van der Waals surface area contributed by atoms with Gasteiger partial charge in [0.25, 0.3) is 0 Å². The monoisotopic (exact) mass is 248 g/mol. The van der Waals surface area contributed by atoms with E-state index in [1.54, 1.807) is 0 Å². The lowest BCUT2D eigenvalue weighted by Gasteiger charge is -2.28. The Morgan fingerprint density at radius 3 is 2.17 bits per heavy atom. The van der Waals surface area contributed by atoms with Gasteiger partial charge in [0.1, 0.15) is 6.26 Å². The van der Waals surface area contributed by atoms with Crippen LogP contribution in [0.1, 0.15) is 27.2 Å². The highest BCUT2D eigenvalue weighted by Gasteiger charge is 2.30. The molecule has 0 amide bonds. The maximum absolute atomic E-state index is 5.82. The lowest BCUT2D eigenvalue weighted by atomic mass is 10.4. The summed E-state index contributed by atoms with van der Waals surface area (Å²) in [5.74, 6) is 0. The molecule has 0 aliphatic heterocycles. The Kier molecular flexibility index (Phi) is 6.40. The standard InChI is InChI=1S/C7H15Cl2OPS/c1-4-6(3)11(12,7(8)9)10-5-2/h6-7H,4-5H2,1-3H3/t6-,11-/m1/s1.